The Bertz CT molecular complexity index is 480. The van der Waals surface area contributed by atoms with Crippen LogP contribution in [0.15, 0.2) is 28.7 Å². The van der Waals surface area contributed by atoms with Crippen molar-refractivity contribution >= 4 is 17.7 Å². The highest BCUT2D eigenvalue weighted by atomic mass is 16.4. The van der Waals surface area contributed by atoms with Crippen molar-refractivity contribution in [2.45, 2.75) is 13.8 Å². The number of aryl methyl sites for hydroxylation is 1. The lowest BCUT2D eigenvalue weighted by Gasteiger charge is -2.18. The highest BCUT2D eigenvalue weighted by Crippen LogP contribution is 2.24. The van der Waals surface area contributed by atoms with Gasteiger partial charge in [-0.3, -0.25) is 4.90 Å². The van der Waals surface area contributed by atoms with Gasteiger partial charge >= 0.3 is 12.0 Å². The molecule has 2 N–H and O–H groups in total. The van der Waals surface area contributed by atoms with Crippen LogP contribution in [0.3, 0.4) is 0 Å². The van der Waals surface area contributed by atoms with Gasteiger partial charge in [-0.2, -0.15) is 0 Å². The van der Waals surface area contributed by atoms with Crippen LogP contribution in [0.5, 0.6) is 0 Å². The van der Waals surface area contributed by atoms with Crippen LogP contribution in [0.1, 0.15) is 12.5 Å². The molecule has 0 radical (unpaired) electrons. The number of aromatic nitrogens is 2. The van der Waals surface area contributed by atoms with Gasteiger partial charge in [0.2, 0.25) is 0 Å². The number of hydrogen-bond acceptors (Lipinski definition) is 5. The monoisotopic (exact) mass is 218 g/mol. The van der Waals surface area contributed by atoms with Gasteiger partial charge < -0.3 is 10.2 Å². The highest BCUT2D eigenvalue weighted by Gasteiger charge is 2.13. The van der Waals surface area contributed by atoms with Crippen LogP contribution in [0.2, 0.25) is 0 Å². The van der Waals surface area contributed by atoms with Gasteiger partial charge in [-0.05, 0) is 31.5 Å². The molecule has 5 heteroatoms. The van der Waals surface area contributed by atoms with E-state index in [1.807, 2.05) is 36.9 Å². The van der Waals surface area contributed by atoms with Gasteiger partial charge in [0, 0.05) is 12.2 Å². The molecule has 1 aromatic heterocycles. The molecule has 0 fully saturated rings. The van der Waals surface area contributed by atoms with Crippen molar-refractivity contribution in [2.24, 2.45) is 0 Å². The van der Waals surface area contributed by atoms with Crippen LogP contribution in [0.25, 0.3) is 0 Å². The quantitative estimate of drug-likeness (QED) is 0.854. The summed E-state index contributed by atoms with van der Waals surface area (Å²) in [5.74, 6) is 0. The van der Waals surface area contributed by atoms with E-state index in [4.69, 9.17) is 10.2 Å². The van der Waals surface area contributed by atoms with Crippen molar-refractivity contribution in [1.82, 2.24) is 10.2 Å². The Balaban J connectivity index is 2.36. The summed E-state index contributed by atoms with van der Waals surface area (Å²) in [6, 6.07) is 8.60. The fourth-order valence-electron chi connectivity index (χ4n) is 1.56. The third kappa shape index (κ3) is 1.98. The van der Waals surface area contributed by atoms with Crippen molar-refractivity contribution in [2.75, 3.05) is 17.2 Å². The molecule has 2 aromatic rings. The molecular formula is C11H14N4O. The highest BCUT2D eigenvalue weighted by molar-refractivity contribution is 5.56. The second kappa shape index (κ2) is 4.22. The first-order chi connectivity index (χ1) is 7.70. The van der Waals surface area contributed by atoms with E-state index in [0.717, 1.165) is 12.2 Å². The molecule has 0 saturated heterocycles. The molecule has 0 bridgehead atoms. The standard InChI is InChI=1S/C11H14N4O/c1-3-15(11-14-13-10(12)16-11)9-6-4-5-8(2)7-9/h4-7H,3H2,1-2H3,(H2,12,13). The van der Waals surface area contributed by atoms with Gasteiger partial charge in [0.05, 0.1) is 0 Å². The predicted octanol–water partition coefficient (Wildman–Crippen LogP) is 2.12. The summed E-state index contributed by atoms with van der Waals surface area (Å²) >= 11 is 0. The third-order valence-corrected chi connectivity index (χ3v) is 2.29. The Morgan fingerprint density at radius 2 is 2.19 bits per heavy atom. The summed E-state index contributed by atoms with van der Waals surface area (Å²) in [4.78, 5) is 1.91. The third-order valence-electron chi connectivity index (χ3n) is 2.29. The number of rotatable bonds is 3. The number of benzene rings is 1. The molecule has 0 unspecified atom stereocenters. The maximum absolute atomic E-state index is 5.41. The van der Waals surface area contributed by atoms with Gasteiger partial charge in [0.25, 0.3) is 0 Å². The molecule has 0 amide bonds. The second-order valence-electron chi connectivity index (χ2n) is 3.51. The summed E-state index contributed by atoms with van der Waals surface area (Å²) in [6.07, 6.45) is 0. The largest absolute Gasteiger partial charge is 0.389 e. The molecule has 0 aliphatic carbocycles. The van der Waals surface area contributed by atoms with Gasteiger partial charge in [0.1, 0.15) is 0 Å². The van der Waals surface area contributed by atoms with Gasteiger partial charge in [-0.25, -0.2) is 0 Å². The fourth-order valence-corrected chi connectivity index (χ4v) is 1.56. The normalized spacial score (nSPS) is 10.4. The van der Waals surface area contributed by atoms with E-state index in [1.54, 1.807) is 0 Å². The van der Waals surface area contributed by atoms with E-state index < -0.39 is 0 Å². The minimum atomic E-state index is 0.0844. The Morgan fingerprint density at radius 1 is 1.38 bits per heavy atom. The average molecular weight is 218 g/mol. The zero-order valence-corrected chi connectivity index (χ0v) is 9.34. The summed E-state index contributed by atoms with van der Waals surface area (Å²) in [6.45, 7) is 4.80. The SMILES string of the molecule is CCN(c1cccc(C)c1)c1nnc(N)o1. The van der Waals surface area contributed by atoms with E-state index in [-0.39, 0.29) is 6.01 Å². The van der Waals surface area contributed by atoms with Crippen LogP contribution in [0.4, 0.5) is 17.7 Å². The van der Waals surface area contributed by atoms with Crippen LogP contribution < -0.4 is 10.6 Å². The van der Waals surface area contributed by atoms with Gasteiger partial charge in [-0.15, -0.1) is 0 Å². The second-order valence-corrected chi connectivity index (χ2v) is 3.51. The van der Waals surface area contributed by atoms with Crippen LogP contribution in [-0.4, -0.2) is 16.7 Å². The van der Waals surface area contributed by atoms with Gasteiger partial charge in [0.15, 0.2) is 0 Å². The van der Waals surface area contributed by atoms with E-state index in [0.29, 0.717) is 6.01 Å². The van der Waals surface area contributed by atoms with E-state index in [1.165, 1.54) is 5.56 Å². The number of hydrogen-bond donors (Lipinski definition) is 1. The minimum absolute atomic E-state index is 0.0844. The minimum Gasteiger partial charge on any atom is -0.389 e. The lowest BCUT2D eigenvalue weighted by atomic mass is 10.2. The first-order valence-corrected chi connectivity index (χ1v) is 5.14. The molecule has 0 aliphatic rings. The number of anilines is 3. The number of nitrogen functional groups attached to an aromatic ring is 1. The molecule has 84 valence electrons. The molecule has 2 rings (SSSR count). The van der Waals surface area contributed by atoms with Crippen molar-refractivity contribution in [3.05, 3.63) is 29.8 Å². The van der Waals surface area contributed by atoms with Crippen molar-refractivity contribution in [3.63, 3.8) is 0 Å². The first-order valence-electron chi connectivity index (χ1n) is 5.14. The van der Waals surface area contributed by atoms with E-state index in [2.05, 4.69) is 16.3 Å². The lowest BCUT2D eigenvalue weighted by molar-refractivity contribution is 0.570. The lowest BCUT2D eigenvalue weighted by Crippen LogP contribution is -2.16. The van der Waals surface area contributed by atoms with Crippen LogP contribution in [-0.2, 0) is 0 Å². The molecule has 5 nitrogen and oxygen atoms in total. The zero-order chi connectivity index (χ0) is 11.5. The summed E-state index contributed by atoms with van der Waals surface area (Å²) in [5.41, 5.74) is 7.62. The molecule has 0 spiro atoms. The molecule has 0 atom stereocenters. The molecule has 0 saturated carbocycles. The van der Waals surface area contributed by atoms with E-state index in [9.17, 15) is 0 Å². The molecule has 0 aliphatic heterocycles. The summed E-state index contributed by atoms with van der Waals surface area (Å²) < 4.78 is 5.21. The van der Waals surface area contributed by atoms with Gasteiger partial charge in [-0.1, -0.05) is 22.3 Å². The topological polar surface area (TPSA) is 68.2 Å². The first kappa shape index (κ1) is 10.5. The van der Waals surface area contributed by atoms with Crippen molar-refractivity contribution in [3.8, 4) is 0 Å². The fraction of sp³-hybridized carbons (Fsp3) is 0.273. The van der Waals surface area contributed by atoms with E-state index >= 15 is 0 Å². The Hall–Kier alpha value is -2.04. The Labute approximate surface area is 93.9 Å². The average Bonchev–Trinajstić information content (AvgIpc) is 2.66. The molecule has 16 heavy (non-hydrogen) atoms. The van der Waals surface area contributed by atoms with Crippen LogP contribution in [0, 0.1) is 6.92 Å². The maximum atomic E-state index is 5.41. The predicted molar refractivity (Wildman–Crippen MR) is 62.6 cm³/mol. The number of nitrogens with zero attached hydrogens (tertiary/aromatic N) is 3. The molecule has 1 aromatic carbocycles. The van der Waals surface area contributed by atoms with Crippen molar-refractivity contribution in [1.29, 1.82) is 0 Å². The van der Waals surface area contributed by atoms with Crippen molar-refractivity contribution < 1.29 is 4.42 Å². The Morgan fingerprint density at radius 3 is 2.75 bits per heavy atom. The zero-order valence-electron chi connectivity index (χ0n) is 9.34. The maximum Gasteiger partial charge on any atom is 0.324 e. The summed E-state index contributed by atoms with van der Waals surface area (Å²) in [7, 11) is 0. The summed E-state index contributed by atoms with van der Waals surface area (Å²) in [5, 5.41) is 7.53. The Kier molecular flexibility index (Phi) is 2.76. The molecular weight excluding hydrogens is 204 g/mol. The molecule has 1 heterocycles. The van der Waals surface area contributed by atoms with Crippen LogP contribution >= 0.6 is 0 Å². The number of nitrogens with two attached hydrogens (primary N) is 1. The smallest absolute Gasteiger partial charge is 0.324 e.